The first kappa shape index (κ1) is 15.7. The lowest BCUT2D eigenvalue weighted by Crippen LogP contribution is -2.26. The van der Waals surface area contributed by atoms with Crippen LogP contribution in [0, 0.1) is 5.82 Å². The van der Waals surface area contributed by atoms with E-state index in [0.29, 0.717) is 11.3 Å². The fourth-order valence-corrected chi connectivity index (χ4v) is 3.24. The van der Waals surface area contributed by atoms with Crippen LogP contribution in [0.1, 0.15) is 11.3 Å². The van der Waals surface area contributed by atoms with Crippen LogP contribution in [0.25, 0.3) is 0 Å². The summed E-state index contributed by atoms with van der Waals surface area (Å²) in [7, 11) is -0.518. The standard InChI is InChI=1S/C14H17FN2O3S/c1-16-9-14(7-13(16)10-18)21(19,20)17(2)8-11-3-5-12(15)6-4-11/h3-7,9,18H,8,10H2,1-2H3. The van der Waals surface area contributed by atoms with Crippen molar-refractivity contribution in [3.05, 3.63) is 53.6 Å². The highest BCUT2D eigenvalue weighted by molar-refractivity contribution is 7.89. The monoisotopic (exact) mass is 312 g/mol. The first-order valence-corrected chi connectivity index (χ1v) is 7.75. The van der Waals surface area contributed by atoms with Crippen molar-refractivity contribution in [2.24, 2.45) is 7.05 Å². The number of halogens is 1. The molecule has 1 N–H and O–H groups in total. The molecule has 0 saturated carbocycles. The van der Waals surface area contributed by atoms with Crippen molar-refractivity contribution in [2.45, 2.75) is 18.0 Å². The molecule has 5 nitrogen and oxygen atoms in total. The van der Waals surface area contributed by atoms with E-state index in [0.717, 1.165) is 0 Å². The topological polar surface area (TPSA) is 62.5 Å². The molecule has 0 bridgehead atoms. The molecule has 1 heterocycles. The molecule has 0 saturated heterocycles. The van der Waals surface area contributed by atoms with E-state index >= 15 is 0 Å². The SMILES string of the molecule is CN(Cc1ccc(F)cc1)S(=O)(=O)c1cc(CO)n(C)c1. The average Bonchev–Trinajstić information content (AvgIpc) is 2.83. The summed E-state index contributed by atoms with van der Waals surface area (Å²) >= 11 is 0. The smallest absolute Gasteiger partial charge is 0.244 e. The summed E-state index contributed by atoms with van der Waals surface area (Å²) in [5, 5.41) is 9.13. The Morgan fingerprint density at radius 1 is 1.29 bits per heavy atom. The van der Waals surface area contributed by atoms with Gasteiger partial charge in [-0.15, -0.1) is 0 Å². The number of aromatic nitrogens is 1. The molecule has 2 aromatic rings. The van der Waals surface area contributed by atoms with Gasteiger partial charge in [0.1, 0.15) is 10.7 Å². The Hall–Kier alpha value is -1.70. The van der Waals surface area contributed by atoms with Gasteiger partial charge in [-0.2, -0.15) is 4.31 Å². The summed E-state index contributed by atoms with van der Waals surface area (Å²) in [6, 6.07) is 7.12. The quantitative estimate of drug-likeness (QED) is 0.909. The Labute approximate surface area is 123 Å². The van der Waals surface area contributed by atoms with Crippen LogP contribution in [-0.4, -0.2) is 29.4 Å². The Morgan fingerprint density at radius 3 is 2.43 bits per heavy atom. The predicted molar refractivity (Wildman–Crippen MR) is 76.4 cm³/mol. The number of aryl methyl sites for hydroxylation is 1. The van der Waals surface area contributed by atoms with E-state index in [1.165, 1.54) is 35.7 Å². The molecule has 0 aliphatic carbocycles. The maximum atomic E-state index is 12.9. The van der Waals surface area contributed by atoms with Gasteiger partial charge >= 0.3 is 0 Å². The van der Waals surface area contributed by atoms with Gasteiger partial charge < -0.3 is 9.67 Å². The first-order valence-electron chi connectivity index (χ1n) is 6.31. The van der Waals surface area contributed by atoms with E-state index < -0.39 is 10.0 Å². The zero-order valence-corrected chi connectivity index (χ0v) is 12.6. The fourth-order valence-electron chi connectivity index (χ4n) is 1.99. The number of hydrogen-bond acceptors (Lipinski definition) is 3. The number of benzene rings is 1. The van der Waals surface area contributed by atoms with Gasteiger partial charge in [0.15, 0.2) is 0 Å². The van der Waals surface area contributed by atoms with Crippen LogP contribution in [0.15, 0.2) is 41.4 Å². The number of aliphatic hydroxyl groups excluding tert-OH is 1. The second kappa shape index (κ2) is 5.97. The van der Waals surface area contributed by atoms with Gasteiger partial charge in [0, 0.05) is 32.5 Å². The second-order valence-corrected chi connectivity index (χ2v) is 6.87. The third kappa shape index (κ3) is 3.31. The summed E-state index contributed by atoms with van der Waals surface area (Å²) < 4.78 is 40.5. The normalized spacial score (nSPS) is 12.0. The van der Waals surface area contributed by atoms with Crippen LogP contribution in [0.2, 0.25) is 0 Å². The third-order valence-corrected chi connectivity index (χ3v) is 5.04. The summed E-state index contributed by atoms with van der Waals surface area (Å²) in [4.78, 5) is 0.124. The van der Waals surface area contributed by atoms with Crippen molar-refractivity contribution < 1.29 is 17.9 Å². The molecule has 0 unspecified atom stereocenters. The summed E-state index contributed by atoms with van der Waals surface area (Å²) in [5.74, 6) is -0.361. The van der Waals surface area contributed by atoms with E-state index in [-0.39, 0.29) is 23.9 Å². The highest BCUT2D eigenvalue weighted by atomic mass is 32.2. The van der Waals surface area contributed by atoms with Crippen LogP contribution < -0.4 is 0 Å². The van der Waals surface area contributed by atoms with Crippen molar-refractivity contribution in [3.63, 3.8) is 0 Å². The second-order valence-electron chi connectivity index (χ2n) is 4.82. The Morgan fingerprint density at radius 2 is 1.90 bits per heavy atom. The Balaban J connectivity index is 2.23. The number of nitrogens with zero attached hydrogens (tertiary/aromatic N) is 2. The van der Waals surface area contributed by atoms with Gasteiger partial charge in [0.2, 0.25) is 10.0 Å². The molecule has 0 aliphatic heterocycles. The van der Waals surface area contributed by atoms with Gasteiger partial charge in [-0.25, -0.2) is 12.8 Å². The van der Waals surface area contributed by atoms with Crippen LogP contribution in [-0.2, 0) is 30.2 Å². The van der Waals surface area contributed by atoms with Crippen molar-refractivity contribution in [2.75, 3.05) is 7.05 Å². The highest BCUT2D eigenvalue weighted by Gasteiger charge is 2.23. The predicted octanol–water partition coefficient (Wildman–Crippen LogP) is 1.48. The van der Waals surface area contributed by atoms with Gasteiger partial charge in [-0.1, -0.05) is 12.1 Å². The molecule has 0 aliphatic rings. The largest absolute Gasteiger partial charge is 0.390 e. The van der Waals surface area contributed by atoms with Crippen LogP contribution in [0.5, 0.6) is 0 Å². The van der Waals surface area contributed by atoms with E-state index in [1.807, 2.05) is 0 Å². The fraction of sp³-hybridized carbons (Fsp3) is 0.286. The van der Waals surface area contributed by atoms with Crippen molar-refractivity contribution in [1.82, 2.24) is 8.87 Å². The molecule has 1 aromatic carbocycles. The van der Waals surface area contributed by atoms with E-state index in [1.54, 1.807) is 23.7 Å². The van der Waals surface area contributed by atoms with Crippen molar-refractivity contribution >= 4 is 10.0 Å². The minimum Gasteiger partial charge on any atom is -0.390 e. The molecular weight excluding hydrogens is 295 g/mol. The molecule has 7 heteroatoms. The van der Waals surface area contributed by atoms with Crippen LogP contribution >= 0.6 is 0 Å². The third-order valence-electron chi connectivity index (χ3n) is 3.27. The molecule has 0 radical (unpaired) electrons. The average molecular weight is 312 g/mol. The van der Waals surface area contributed by atoms with Gasteiger partial charge in [-0.3, -0.25) is 0 Å². The number of rotatable bonds is 5. The van der Waals surface area contributed by atoms with Crippen molar-refractivity contribution in [1.29, 1.82) is 0 Å². The zero-order valence-electron chi connectivity index (χ0n) is 11.8. The van der Waals surface area contributed by atoms with Gasteiger partial charge in [0.05, 0.1) is 6.61 Å². The molecule has 114 valence electrons. The Kier molecular flexibility index (Phi) is 4.46. The van der Waals surface area contributed by atoms with Gasteiger partial charge in [-0.05, 0) is 23.8 Å². The minimum absolute atomic E-state index is 0.124. The van der Waals surface area contributed by atoms with Crippen LogP contribution in [0.4, 0.5) is 4.39 Å². The molecule has 0 spiro atoms. The van der Waals surface area contributed by atoms with Crippen molar-refractivity contribution in [3.8, 4) is 0 Å². The zero-order chi connectivity index (χ0) is 15.6. The van der Waals surface area contributed by atoms with Gasteiger partial charge in [0.25, 0.3) is 0 Å². The van der Waals surface area contributed by atoms with E-state index in [2.05, 4.69) is 0 Å². The summed E-state index contributed by atoms with van der Waals surface area (Å²) in [6.07, 6.45) is 1.46. The number of aliphatic hydroxyl groups is 1. The minimum atomic E-state index is -3.65. The molecule has 0 atom stereocenters. The van der Waals surface area contributed by atoms with E-state index in [4.69, 9.17) is 5.11 Å². The molecule has 0 fully saturated rings. The maximum Gasteiger partial charge on any atom is 0.244 e. The number of hydrogen-bond donors (Lipinski definition) is 1. The first-order chi connectivity index (χ1) is 9.84. The molecule has 0 amide bonds. The lowest BCUT2D eigenvalue weighted by atomic mass is 10.2. The van der Waals surface area contributed by atoms with Crippen LogP contribution in [0.3, 0.4) is 0 Å². The maximum absolute atomic E-state index is 12.9. The highest BCUT2D eigenvalue weighted by Crippen LogP contribution is 2.19. The lowest BCUT2D eigenvalue weighted by molar-refractivity contribution is 0.272. The summed E-state index contributed by atoms with van der Waals surface area (Å²) in [5.41, 5.74) is 1.21. The molecule has 1 aromatic heterocycles. The summed E-state index contributed by atoms with van der Waals surface area (Å²) in [6.45, 7) is -0.0837. The molecule has 2 rings (SSSR count). The number of sulfonamides is 1. The lowest BCUT2D eigenvalue weighted by Gasteiger charge is -2.16. The Bertz CT molecular complexity index is 723. The van der Waals surface area contributed by atoms with E-state index in [9.17, 15) is 12.8 Å². The molecular formula is C14H17FN2O3S. The molecule has 21 heavy (non-hydrogen) atoms.